The number of thiophene rings is 2. The minimum atomic E-state index is -1.69. The lowest BCUT2D eigenvalue weighted by Gasteiger charge is -2.43. The van der Waals surface area contributed by atoms with Gasteiger partial charge in [0.25, 0.3) is 0 Å². The highest BCUT2D eigenvalue weighted by Crippen LogP contribution is 2.45. The van der Waals surface area contributed by atoms with E-state index in [0.29, 0.717) is 15.2 Å². The first-order valence-electron chi connectivity index (χ1n) is 9.35. The number of nitrogens with one attached hydrogen (secondary N) is 1. The largest absolute Gasteiger partial charge is 0.460 e. The number of ether oxygens (including phenoxy) is 1. The molecule has 1 saturated carbocycles. The highest BCUT2D eigenvalue weighted by Gasteiger charge is 2.46. The molecule has 0 amide bonds. The quantitative estimate of drug-likeness (QED) is 0.776. The van der Waals surface area contributed by atoms with E-state index in [4.69, 9.17) is 4.74 Å². The van der Waals surface area contributed by atoms with Gasteiger partial charge in [-0.3, -0.25) is 0 Å². The maximum absolute atomic E-state index is 13.0. The predicted molar refractivity (Wildman–Crippen MR) is 105 cm³/mol. The summed E-state index contributed by atoms with van der Waals surface area (Å²) >= 11 is 2.77. The summed E-state index contributed by atoms with van der Waals surface area (Å²) < 4.78 is 5.85. The third kappa shape index (κ3) is 3.36. The van der Waals surface area contributed by atoms with Gasteiger partial charge in [0.2, 0.25) is 5.60 Å². The molecule has 1 aliphatic heterocycles. The molecular formula is C20H25NO3S2. The molecule has 1 spiro atoms. The molecule has 0 radical (unpaired) electrons. The summed E-state index contributed by atoms with van der Waals surface area (Å²) in [5.74, 6) is -0.534. The summed E-state index contributed by atoms with van der Waals surface area (Å²) in [5.41, 5.74) is -1.25. The van der Waals surface area contributed by atoms with Crippen LogP contribution in [0.15, 0.2) is 35.0 Å². The number of hydrogen-bond acceptors (Lipinski definition) is 6. The summed E-state index contributed by atoms with van der Waals surface area (Å²) in [6.45, 7) is 2.20. The van der Waals surface area contributed by atoms with Gasteiger partial charge >= 0.3 is 5.97 Å². The van der Waals surface area contributed by atoms with Crippen LogP contribution in [0.3, 0.4) is 0 Å². The molecular weight excluding hydrogens is 366 g/mol. The lowest BCUT2D eigenvalue weighted by atomic mass is 9.68. The second kappa shape index (κ2) is 7.43. The molecule has 0 atom stereocenters. The normalized spacial score (nSPS) is 21.0. The van der Waals surface area contributed by atoms with E-state index in [1.54, 1.807) is 12.1 Å². The Morgan fingerprint density at radius 1 is 1.08 bits per heavy atom. The fraction of sp³-hybridized carbons (Fsp3) is 0.550. The van der Waals surface area contributed by atoms with Crippen molar-refractivity contribution in [1.82, 2.24) is 5.32 Å². The van der Waals surface area contributed by atoms with E-state index < -0.39 is 11.6 Å². The van der Waals surface area contributed by atoms with Gasteiger partial charge in [0.1, 0.15) is 6.10 Å². The first-order valence-corrected chi connectivity index (χ1v) is 11.1. The van der Waals surface area contributed by atoms with Crippen LogP contribution in [-0.4, -0.2) is 30.3 Å². The Hall–Kier alpha value is -1.21. The molecule has 4 nitrogen and oxygen atoms in total. The van der Waals surface area contributed by atoms with E-state index in [2.05, 4.69) is 5.32 Å². The maximum atomic E-state index is 13.0. The second-order valence-electron chi connectivity index (χ2n) is 7.52. The van der Waals surface area contributed by atoms with Crippen molar-refractivity contribution in [3.8, 4) is 0 Å². The molecule has 2 fully saturated rings. The Morgan fingerprint density at radius 2 is 1.65 bits per heavy atom. The molecule has 2 N–H and O–H groups in total. The van der Waals surface area contributed by atoms with Crippen LogP contribution in [0.4, 0.5) is 0 Å². The minimum Gasteiger partial charge on any atom is -0.460 e. The average Bonchev–Trinajstić information content (AvgIpc) is 3.38. The topological polar surface area (TPSA) is 58.6 Å². The van der Waals surface area contributed by atoms with Crippen LogP contribution in [0.5, 0.6) is 0 Å². The van der Waals surface area contributed by atoms with Crippen molar-refractivity contribution in [3.63, 3.8) is 0 Å². The van der Waals surface area contributed by atoms with Gasteiger partial charge in [-0.25, -0.2) is 4.79 Å². The molecule has 0 bridgehead atoms. The first-order chi connectivity index (χ1) is 12.6. The van der Waals surface area contributed by atoms with Crippen LogP contribution in [0.1, 0.15) is 48.3 Å². The second-order valence-corrected chi connectivity index (χ2v) is 9.42. The van der Waals surface area contributed by atoms with Gasteiger partial charge in [-0.15, -0.1) is 22.7 Å². The van der Waals surface area contributed by atoms with Crippen LogP contribution < -0.4 is 5.32 Å². The van der Waals surface area contributed by atoms with Crippen LogP contribution in [0.25, 0.3) is 0 Å². The van der Waals surface area contributed by atoms with Gasteiger partial charge < -0.3 is 15.2 Å². The van der Waals surface area contributed by atoms with Crippen LogP contribution in [-0.2, 0) is 15.1 Å². The maximum Gasteiger partial charge on any atom is 0.349 e. The summed E-state index contributed by atoms with van der Waals surface area (Å²) in [6, 6.07) is 7.31. The van der Waals surface area contributed by atoms with Gasteiger partial charge in [-0.2, -0.15) is 0 Å². The van der Waals surface area contributed by atoms with Gasteiger partial charge in [0, 0.05) is 0 Å². The number of piperidine rings is 1. The average molecular weight is 392 g/mol. The summed E-state index contributed by atoms with van der Waals surface area (Å²) in [4.78, 5) is 14.3. The van der Waals surface area contributed by atoms with Crippen molar-refractivity contribution in [2.24, 2.45) is 5.41 Å². The monoisotopic (exact) mass is 391 g/mol. The first kappa shape index (κ1) is 18.2. The van der Waals surface area contributed by atoms with Crippen LogP contribution >= 0.6 is 22.7 Å². The minimum absolute atomic E-state index is 0.0885. The zero-order valence-corrected chi connectivity index (χ0v) is 16.4. The van der Waals surface area contributed by atoms with Gasteiger partial charge in [0.15, 0.2) is 0 Å². The lowest BCUT2D eigenvalue weighted by molar-refractivity contribution is -0.170. The van der Waals surface area contributed by atoms with Crippen LogP contribution in [0, 0.1) is 5.41 Å². The molecule has 6 heteroatoms. The zero-order valence-electron chi connectivity index (χ0n) is 14.8. The molecule has 1 saturated heterocycles. The number of aliphatic hydroxyl groups is 1. The summed E-state index contributed by atoms with van der Waals surface area (Å²) in [5, 5.41) is 18.5. The molecule has 2 aliphatic rings. The zero-order chi connectivity index (χ0) is 18.0. The Morgan fingerprint density at radius 3 is 2.15 bits per heavy atom. The van der Waals surface area contributed by atoms with Crippen molar-refractivity contribution in [2.75, 3.05) is 13.1 Å². The number of carbonyl (C=O) groups is 1. The molecule has 140 valence electrons. The van der Waals surface area contributed by atoms with Crippen molar-refractivity contribution in [3.05, 3.63) is 44.8 Å². The standard InChI is InChI=1S/C20H25NO3S2/c22-18(20(23,16-3-1-13-25-16)17-4-2-14-26-17)24-15-5-7-19(8-6-15)9-11-21-12-10-19/h1-4,13-15,21,23H,5-12H2. The Kier molecular flexibility index (Phi) is 5.19. The lowest BCUT2D eigenvalue weighted by Crippen LogP contribution is -2.43. The molecule has 4 rings (SSSR count). The fourth-order valence-corrected chi connectivity index (χ4v) is 6.02. The van der Waals surface area contributed by atoms with Gasteiger partial charge in [-0.05, 0) is 79.9 Å². The van der Waals surface area contributed by atoms with E-state index >= 15 is 0 Å². The molecule has 0 aromatic carbocycles. The smallest absolute Gasteiger partial charge is 0.349 e. The number of carbonyl (C=O) groups excluding carboxylic acids is 1. The highest BCUT2D eigenvalue weighted by atomic mass is 32.1. The molecule has 2 aromatic rings. The number of esters is 1. The third-order valence-corrected chi connectivity index (χ3v) is 7.94. The third-order valence-electron chi connectivity index (χ3n) is 5.98. The Bertz CT molecular complexity index is 676. The van der Waals surface area contributed by atoms with Crippen LogP contribution in [0.2, 0.25) is 0 Å². The van der Waals surface area contributed by atoms with Crippen molar-refractivity contribution < 1.29 is 14.6 Å². The molecule has 1 aliphatic carbocycles. The van der Waals surface area contributed by atoms with E-state index in [1.165, 1.54) is 35.5 Å². The van der Waals surface area contributed by atoms with E-state index in [9.17, 15) is 9.90 Å². The highest BCUT2D eigenvalue weighted by molar-refractivity contribution is 7.12. The SMILES string of the molecule is O=C(OC1CCC2(CCNCC2)CC1)C(O)(c1cccs1)c1cccs1. The predicted octanol–water partition coefficient (Wildman–Crippen LogP) is 3.90. The van der Waals surface area contributed by atoms with E-state index in [-0.39, 0.29) is 6.10 Å². The number of hydrogen-bond donors (Lipinski definition) is 2. The van der Waals surface area contributed by atoms with Gasteiger partial charge in [0.05, 0.1) is 9.75 Å². The molecule has 0 unspecified atom stereocenters. The fourth-order valence-electron chi connectivity index (χ4n) is 4.31. The Balaban J connectivity index is 1.46. The van der Waals surface area contributed by atoms with E-state index in [1.807, 2.05) is 22.9 Å². The Labute approximate surface area is 162 Å². The summed E-state index contributed by atoms with van der Waals surface area (Å²) in [6.07, 6.45) is 6.39. The molecule has 26 heavy (non-hydrogen) atoms. The van der Waals surface area contributed by atoms with Crippen molar-refractivity contribution in [1.29, 1.82) is 0 Å². The summed E-state index contributed by atoms with van der Waals surface area (Å²) in [7, 11) is 0. The van der Waals surface area contributed by atoms with Crippen molar-refractivity contribution in [2.45, 2.75) is 50.2 Å². The van der Waals surface area contributed by atoms with Crippen molar-refractivity contribution >= 4 is 28.6 Å². The number of rotatable bonds is 4. The molecule has 3 heterocycles. The molecule has 2 aromatic heterocycles. The van der Waals surface area contributed by atoms with E-state index in [0.717, 1.165) is 38.8 Å². The van der Waals surface area contributed by atoms with Gasteiger partial charge in [-0.1, -0.05) is 12.1 Å².